The highest BCUT2D eigenvalue weighted by Gasteiger charge is 2.17. The quantitative estimate of drug-likeness (QED) is 0.772. The number of halogens is 1. The van der Waals surface area contributed by atoms with Crippen LogP contribution in [0.25, 0.3) is 5.65 Å². The Balaban J connectivity index is 2.02. The Morgan fingerprint density at radius 2 is 2.00 bits per heavy atom. The number of carbonyl (C=O) groups excluding carboxylic acids is 1. The first-order chi connectivity index (χ1) is 10.5. The molecule has 0 aliphatic rings. The van der Waals surface area contributed by atoms with Crippen LogP contribution in [0.1, 0.15) is 27.3 Å². The minimum Gasteiger partial charge on any atom is -0.320 e. The van der Waals surface area contributed by atoms with Crippen molar-refractivity contribution in [1.29, 1.82) is 0 Å². The molecule has 0 spiro atoms. The van der Waals surface area contributed by atoms with Gasteiger partial charge in [0, 0.05) is 16.9 Å². The molecular weight excluding hydrogens is 298 g/mol. The number of aromatic nitrogens is 2. The Kier molecular flexibility index (Phi) is 3.62. The van der Waals surface area contributed by atoms with Crippen molar-refractivity contribution in [1.82, 2.24) is 9.38 Å². The standard InChI is InChI=1S/C17H16ClN3O/c1-10-7-8-21-15(9-10)19-12(3)16(21)17(22)20-14-6-4-5-13(18)11(14)2/h4-9H,1-3H3,(H,20,22). The SMILES string of the molecule is Cc1ccn2c(C(=O)Nc3cccc(Cl)c3C)c(C)nc2c1. The first kappa shape index (κ1) is 14.6. The second kappa shape index (κ2) is 5.46. The van der Waals surface area contributed by atoms with Gasteiger partial charge < -0.3 is 5.32 Å². The fraction of sp³-hybridized carbons (Fsp3) is 0.176. The van der Waals surface area contributed by atoms with Crippen LogP contribution in [0.2, 0.25) is 5.02 Å². The molecule has 112 valence electrons. The number of fused-ring (bicyclic) bond motifs is 1. The molecule has 0 fully saturated rings. The van der Waals surface area contributed by atoms with Gasteiger partial charge in [0.2, 0.25) is 0 Å². The minimum absolute atomic E-state index is 0.195. The number of carbonyl (C=O) groups is 1. The average Bonchev–Trinajstić information content (AvgIpc) is 2.78. The van der Waals surface area contributed by atoms with Gasteiger partial charge in [-0.2, -0.15) is 0 Å². The Hall–Kier alpha value is -2.33. The van der Waals surface area contributed by atoms with E-state index in [2.05, 4.69) is 10.3 Å². The Morgan fingerprint density at radius 3 is 2.77 bits per heavy atom. The normalized spacial score (nSPS) is 10.9. The highest BCUT2D eigenvalue weighted by Crippen LogP contribution is 2.24. The van der Waals surface area contributed by atoms with Crippen molar-refractivity contribution in [2.45, 2.75) is 20.8 Å². The zero-order chi connectivity index (χ0) is 15.9. The first-order valence-corrected chi connectivity index (χ1v) is 7.37. The summed E-state index contributed by atoms with van der Waals surface area (Å²) in [7, 11) is 0. The molecule has 0 radical (unpaired) electrons. The molecule has 5 heteroatoms. The van der Waals surface area contributed by atoms with Crippen molar-refractivity contribution in [3.63, 3.8) is 0 Å². The summed E-state index contributed by atoms with van der Waals surface area (Å²) in [5.41, 5.74) is 4.66. The van der Waals surface area contributed by atoms with E-state index in [1.54, 1.807) is 10.5 Å². The third-order valence-electron chi connectivity index (χ3n) is 3.69. The number of rotatable bonds is 2. The lowest BCUT2D eigenvalue weighted by molar-refractivity contribution is 0.102. The van der Waals surface area contributed by atoms with Crippen LogP contribution in [0.4, 0.5) is 5.69 Å². The summed E-state index contributed by atoms with van der Waals surface area (Å²) in [6, 6.07) is 9.36. The van der Waals surface area contributed by atoms with Crippen LogP contribution in [-0.4, -0.2) is 15.3 Å². The van der Waals surface area contributed by atoms with Gasteiger partial charge in [0.05, 0.1) is 5.69 Å². The molecule has 2 heterocycles. The number of hydrogen-bond donors (Lipinski definition) is 1. The van der Waals surface area contributed by atoms with E-state index in [-0.39, 0.29) is 5.91 Å². The van der Waals surface area contributed by atoms with E-state index >= 15 is 0 Å². The van der Waals surface area contributed by atoms with Crippen molar-refractivity contribution in [2.24, 2.45) is 0 Å². The van der Waals surface area contributed by atoms with E-state index in [9.17, 15) is 4.79 Å². The summed E-state index contributed by atoms with van der Waals surface area (Å²) >= 11 is 6.10. The van der Waals surface area contributed by atoms with Gasteiger partial charge in [-0.3, -0.25) is 9.20 Å². The van der Waals surface area contributed by atoms with E-state index in [0.717, 1.165) is 16.8 Å². The molecule has 0 bridgehead atoms. The van der Waals surface area contributed by atoms with Gasteiger partial charge in [-0.25, -0.2) is 4.98 Å². The number of imidazole rings is 1. The van der Waals surface area contributed by atoms with Gasteiger partial charge in [-0.05, 0) is 56.2 Å². The number of aryl methyl sites for hydroxylation is 2. The van der Waals surface area contributed by atoms with Crippen LogP contribution < -0.4 is 5.32 Å². The van der Waals surface area contributed by atoms with Crippen LogP contribution >= 0.6 is 11.6 Å². The molecule has 0 aliphatic carbocycles. The number of amides is 1. The van der Waals surface area contributed by atoms with Crippen LogP contribution in [0.5, 0.6) is 0 Å². The molecule has 0 saturated heterocycles. The molecule has 22 heavy (non-hydrogen) atoms. The maximum atomic E-state index is 12.6. The van der Waals surface area contributed by atoms with Crippen LogP contribution in [-0.2, 0) is 0 Å². The summed E-state index contributed by atoms with van der Waals surface area (Å²) in [5, 5.41) is 3.54. The Labute approximate surface area is 133 Å². The molecule has 0 saturated carbocycles. The van der Waals surface area contributed by atoms with Gasteiger partial charge in [-0.1, -0.05) is 17.7 Å². The fourth-order valence-electron chi connectivity index (χ4n) is 2.46. The summed E-state index contributed by atoms with van der Waals surface area (Å²) in [6.45, 7) is 5.71. The lowest BCUT2D eigenvalue weighted by atomic mass is 10.2. The third-order valence-corrected chi connectivity index (χ3v) is 4.10. The fourth-order valence-corrected chi connectivity index (χ4v) is 2.64. The van der Waals surface area contributed by atoms with Crippen LogP contribution in [0, 0.1) is 20.8 Å². The van der Waals surface area contributed by atoms with Crippen molar-refractivity contribution in [2.75, 3.05) is 5.32 Å². The molecule has 0 aliphatic heterocycles. The largest absolute Gasteiger partial charge is 0.320 e. The van der Waals surface area contributed by atoms with Crippen molar-refractivity contribution in [3.8, 4) is 0 Å². The summed E-state index contributed by atoms with van der Waals surface area (Å²) in [5.74, 6) is -0.195. The number of anilines is 1. The number of nitrogens with zero attached hydrogens (tertiary/aromatic N) is 2. The highest BCUT2D eigenvalue weighted by molar-refractivity contribution is 6.31. The zero-order valence-electron chi connectivity index (χ0n) is 12.6. The van der Waals surface area contributed by atoms with Gasteiger partial charge in [0.15, 0.2) is 0 Å². The Morgan fingerprint density at radius 1 is 1.23 bits per heavy atom. The van der Waals surface area contributed by atoms with Gasteiger partial charge in [-0.15, -0.1) is 0 Å². The van der Waals surface area contributed by atoms with E-state index in [1.165, 1.54) is 0 Å². The lowest BCUT2D eigenvalue weighted by Gasteiger charge is -2.10. The second-order valence-electron chi connectivity index (χ2n) is 5.34. The molecule has 3 rings (SSSR count). The van der Waals surface area contributed by atoms with Crippen molar-refractivity contribution < 1.29 is 4.79 Å². The maximum absolute atomic E-state index is 12.6. The highest BCUT2D eigenvalue weighted by atomic mass is 35.5. The third kappa shape index (κ3) is 2.46. The number of hydrogen-bond acceptors (Lipinski definition) is 2. The van der Waals surface area contributed by atoms with Gasteiger partial charge >= 0.3 is 0 Å². The monoisotopic (exact) mass is 313 g/mol. The van der Waals surface area contributed by atoms with E-state index in [1.807, 2.05) is 51.2 Å². The predicted molar refractivity (Wildman–Crippen MR) is 88.8 cm³/mol. The lowest BCUT2D eigenvalue weighted by Crippen LogP contribution is -2.16. The molecule has 1 N–H and O–H groups in total. The summed E-state index contributed by atoms with van der Waals surface area (Å²) < 4.78 is 1.80. The first-order valence-electron chi connectivity index (χ1n) is 6.99. The maximum Gasteiger partial charge on any atom is 0.274 e. The van der Waals surface area contributed by atoms with Crippen LogP contribution in [0.3, 0.4) is 0 Å². The molecule has 2 aromatic heterocycles. The molecule has 0 atom stereocenters. The predicted octanol–water partition coefficient (Wildman–Crippen LogP) is 4.17. The zero-order valence-corrected chi connectivity index (χ0v) is 13.4. The second-order valence-corrected chi connectivity index (χ2v) is 5.75. The average molecular weight is 314 g/mol. The topological polar surface area (TPSA) is 46.4 Å². The molecule has 1 aromatic carbocycles. The van der Waals surface area contributed by atoms with Crippen molar-refractivity contribution in [3.05, 3.63) is 64.1 Å². The number of pyridine rings is 1. The number of nitrogens with one attached hydrogen (secondary N) is 1. The van der Waals surface area contributed by atoms with E-state index in [0.29, 0.717) is 22.1 Å². The summed E-state index contributed by atoms with van der Waals surface area (Å²) in [4.78, 5) is 17.1. The Bertz CT molecular complexity index is 883. The molecule has 0 unspecified atom stereocenters. The van der Waals surface area contributed by atoms with Gasteiger partial charge in [0.25, 0.3) is 5.91 Å². The molecule has 1 amide bonds. The summed E-state index contributed by atoms with van der Waals surface area (Å²) in [6.07, 6.45) is 1.87. The molecule has 3 aromatic rings. The smallest absolute Gasteiger partial charge is 0.274 e. The van der Waals surface area contributed by atoms with Gasteiger partial charge in [0.1, 0.15) is 11.3 Å². The molecule has 4 nitrogen and oxygen atoms in total. The minimum atomic E-state index is -0.195. The van der Waals surface area contributed by atoms with E-state index in [4.69, 9.17) is 11.6 Å². The number of benzene rings is 1. The molecular formula is C17H16ClN3O. The van der Waals surface area contributed by atoms with Crippen LogP contribution in [0.15, 0.2) is 36.5 Å². The van der Waals surface area contributed by atoms with Crippen molar-refractivity contribution >= 4 is 28.8 Å². The van der Waals surface area contributed by atoms with E-state index < -0.39 is 0 Å².